The lowest BCUT2D eigenvalue weighted by Gasteiger charge is -2.23. The molecule has 24 heavy (non-hydrogen) atoms. The van der Waals surface area contributed by atoms with Gasteiger partial charge in [-0.25, -0.2) is 4.98 Å². The fourth-order valence-electron chi connectivity index (χ4n) is 3.12. The number of aromatic nitrogens is 3. The number of amides is 1. The van der Waals surface area contributed by atoms with Crippen molar-refractivity contribution < 1.29 is 9.53 Å². The molecular formula is C17H18N4O2S. The predicted octanol–water partition coefficient (Wildman–Crippen LogP) is 2.35. The Morgan fingerprint density at radius 2 is 2.42 bits per heavy atom. The normalized spacial score (nSPS) is 18.7. The third-order valence-electron chi connectivity index (χ3n) is 4.31. The minimum absolute atomic E-state index is 0.00274. The predicted molar refractivity (Wildman–Crippen MR) is 92.1 cm³/mol. The monoisotopic (exact) mass is 342 g/mol. The van der Waals surface area contributed by atoms with Crippen molar-refractivity contribution in [3.05, 3.63) is 46.5 Å². The van der Waals surface area contributed by atoms with Gasteiger partial charge in [-0.1, -0.05) is 6.07 Å². The second-order valence-corrected chi connectivity index (χ2v) is 6.78. The molecule has 0 aliphatic carbocycles. The molecule has 1 aliphatic heterocycles. The number of nitrogens with one attached hydrogen (secondary N) is 1. The molecule has 0 saturated carbocycles. The number of aromatic amines is 1. The largest absolute Gasteiger partial charge is 0.379 e. The van der Waals surface area contributed by atoms with Gasteiger partial charge in [-0.15, -0.1) is 11.3 Å². The summed E-state index contributed by atoms with van der Waals surface area (Å²) < 4.78 is 5.72. The first-order valence-electron chi connectivity index (χ1n) is 7.97. The van der Waals surface area contributed by atoms with Gasteiger partial charge in [0.15, 0.2) is 0 Å². The van der Waals surface area contributed by atoms with Gasteiger partial charge in [-0.2, -0.15) is 5.10 Å². The number of thiazole rings is 1. The second kappa shape index (κ2) is 6.70. The molecule has 7 heteroatoms. The third kappa shape index (κ3) is 3.18. The van der Waals surface area contributed by atoms with Crippen LogP contribution in [0.4, 0.5) is 0 Å². The minimum Gasteiger partial charge on any atom is -0.379 e. The maximum Gasteiger partial charge on any atom is 0.273 e. The first-order chi connectivity index (χ1) is 11.8. The van der Waals surface area contributed by atoms with E-state index in [4.69, 9.17) is 4.74 Å². The SMILES string of the molecule is O=C(c1cscn1)N1CCOC[C@@H](Cc2ccc3[nH]ncc3c2)C1. The van der Waals surface area contributed by atoms with E-state index in [9.17, 15) is 4.79 Å². The molecule has 6 nitrogen and oxygen atoms in total. The van der Waals surface area contributed by atoms with Crippen molar-refractivity contribution in [1.82, 2.24) is 20.1 Å². The molecule has 4 rings (SSSR count). The van der Waals surface area contributed by atoms with Crippen LogP contribution in [0.5, 0.6) is 0 Å². The molecule has 1 amide bonds. The van der Waals surface area contributed by atoms with Crippen LogP contribution in [0.1, 0.15) is 16.1 Å². The summed E-state index contributed by atoms with van der Waals surface area (Å²) in [4.78, 5) is 18.6. The summed E-state index contributed by atoms with van der Waals surface area (Å²) in [7, 11) is 0. The van der Waals surface area contributed by atoms with Crippen LogP contribution >= 0.6 is 11.3 Å². The van der Waals surface area contributed by atoms with Crippen LogP contribution < -0.4 is 0 Å². The van der Waals surface area contributed by atoms with E-state index >= 15 is 0 Å². The van der Waals surface area contributed by atoms with E-state index < -0.39 is 0 Å². The lowest BCUT2D eigenvalue weighted by molar-refractivity contribution is 0.0732. The highest BCUT2D eigenvalue weighted by molar-refractivity contribution is 7.07. The summed E-state index contributed by atoms with van der Waals surface area (Å²) in [5, 5.41) is 9.93. The molecule has 3 heterocycles. The maximum atomic E-state index is 12.6. The Morgan fingerprint density at radius 1 is 1.46 bits per heavy atom. The number of fused-ring (bicyclic) bond motifs is 1. The smallest absolute Gasteiger partial charge is 0.273 e. The third-order valence-corrected chi connectivity index (χ3v) is 4.89. The van der Waals surface area contributed by atoms with Crippen molar-refractivity contribution in [3.63, 3.8) is 0 Å². The standard InChI is InChI=1S/C17H18N4O2S/c22-17(16-10-24-11-18-16)21-3-4-23-9-13(8-21)5-12-1-2-15-14(6-12)7-19-20-15/h1-2,6-7,10-11,13H,3-5,8-9H2,(H,19,20)/t13-/m0/s1. The topological polar surface area (TPSA) is 71.1 Å². The summed E-state index contributed by atoms with van der Waals surface area (Å²) in [6.45, 7) is 2.56. The van der Waals surface area contributed by atoms with Gasteiger partial charge in [0.05, 0.1) is 30.4 Å². The molecule has 3 aromatic rings. The summed E-state index contributed by atoms with van der Waals surface area (Å²) in [6.07, 6.45) is 2.71. The summed E-state index contributed by atoms with van der Waals surface area (Å²) in [6, 6.07) is 6.31. The maximum absolute atomic E-state index is 12.6. The van der Waals surface area contributed by atoms with E-state index in [1.807, 2.05) is 17.2 Å². The lowest BCUT2D eigenvalue weighted by Crippen LogP contribution is -2.36. The fourth-order valence-corrected chi connectivity index (χ4v) is 3.65. The number of ether oxygens (including phenoxy) is 1. The zero-order valence-corrected chi connectivity index (χ0v) is 14.0. The van der Waals surface area contributed by atoms with Crippen molar-refractivity contribution in [2.75, 3.05) is 26.3 Å². The second-order valence-electron chi connectivity index (χ2n) is 6.06. The van der Waals surface area contributed by atoms with Gasteiger partial charge in [0.1, 0.15) is 5.69 Å². The van der Waals surface area contributed by atoms with Crippen molar-refractivity contribution in [2.45, 2.75) is 6.42 Å². The van der Waals surface area contributed by atoms with Crippen LogP contribution in [0.25, 0.3) is 10.9 Å². The highest BCUT2D eigenvalue weighted by Gasteiger charge is 2.24. The van der Waals surface area contributed by atoms with E-state index in [-0.39, 0.29) is 11.8 Å². The Morgan fingerprint density at radius 3 is 3.29 bits per heavy atom. The zero-order chi connectivity index (χ0) is 16.4. The highest BCUT2D eigenvalue weighted by atomic mass is 32.1. The van der Waals surface area contributed by atoms with Gasteiger partial charge in [0.2, 0.25) is 0 Å². The van der Waals surface area contributed by atoms with Crippen LogP contribution in [0.15, 0.2) is 35.3 Å². The number of hydrogen-bond donors (Lipinski definition) is 1. The van der Waals surface area contributed by atoms with E-state index in [0.29, 0.717) is 32.0 Å². The molecule has 0 bridgehead atoms. The number of nitrogens with zero attached hydrogens (tertiary/aromatic N) is 3. The molecule has 2 aromatic heterocycles. The van der Waals surface area contributed by atoms with Gasteiger partial charge >= 0.3 is 0 Å². The average Bonchev–Trinajstić information content (AvgIpc) is 3.23. The quantitative estimate of drug-likeness (QED) is 0.793. The van der Waals surface area contributed by atoms with E-state index in [1.165, 1.54) is 16.9 Å². The van der Waals surface area contributed by atoms with Gasteiger partial charge in [-0.3, -0.25) is 9.89 Å². The van der Waals surface area contributed by atoms with E-state index in [1.54, 1.807) is 10.9 Å². The summed E-state index contributed by atoms with van der Waals surface area (Å²) in [5.41, 5.74) is 4.50. The number of hydrogen-bond acceptors (Lipinski definition) is 5. The van der Waals surface area contributed by atoms with Crippen LogP contribution in [0.3, 0.4) is 0 Å². The number of carbonyl (C=O) groups excluding carboxylic acids is 1. The number of carbonyl (C=O) groups is 1. The Bertz CT molecular complexity index is 830. The molecule has 1 atom stereocenters. The first-order valence-corrected chi connectivity index (χ1v) is 8.91. The molecule has 0 spiro atoms. The lowest BCUT2D eigenvalue weighted by atomic mass is 9.98. The Hall–Kier alpha value is -2.25. The molecule has 1 aromatic carbocycles. The number of rotatable bonds is 3. The molecule has 0 radical (unpaired) electrons. The van der Waals surface area contributed by atoms with E-state index in [0.717, 1.165) is 17.3 Å². The number of H-pyrrole nitrogens is 1. The minimum atomic E-state index is -0.00274. The molecule has 1 aliphatic rings. The summed E-state index contributed by atoms with van der Waals surface area (Å²) >= 11 is 1.44. The molecule has 0 unspecified atom stereocenters. The van der Waals surface area contributed by atoms with Gasteiger partial charge < -0.3 is 9.64 Å². The van der Waals surface area contributed by atoms with Gasteiger partial charge in [0.25, 0.3) is 5.91 Å². The van der Waals surface area contributed by atoms with E-state index in [2.05, 4.69) is 27.3 Å². The first kappa shape index (κ1) is 15.3. The van der Waals surface area contributed by atoms with Gasteiger partial charge in [0, 0.05) is 29.8 Å². The number of benzene rings is 1. The Balaban J connectivity index is 1.48. The molecule has 1 N–H and O–H groups in total. The van der Waals surface area contributed by atoms with Crippen molar-refractivity contribution >= 4 is 28.1 Å². The van der Waals surface area contributed by atoms with Crippen LogP contribution in [0, 0.1) is 5.92 Å². The highest BCUT2D eigenvalue weighted by Crippen LogP contribution is 2.19. The van der Waals surface area contributed by atoms with Crippen LogP contribution in [0.2, 0.25) is 0 Å². The Labute approximate surface area is 143 Å². The van der Waals surface area contributed by atoms with Crippen molar-refractivity contribution in [1.29, 1.82) is 0 Å². The molecule has 1 saturated heterocycles. The average molecular weight is 342 g/mol. The molecule has 1 fully saturated rings. The summed E-state index contributed by atoms with van der Waals surface area (Å²) in [5.74, 6) is 0.275. The van der Waals surface area contributed by atoms with Crippen molar-refractivity contribution in [2.24, 2.45) is 5.92 Å². The van der Waals surface area contributed by atoms with Crippen LogP contribution in [-0.2, 0) is 11.2 Å². The molecular weight excluding hydrogens is 324 g/mol. The van der Waals surface area contributed by atoms with Gasteiger partial charge in [-0.05, 0) is 24.1 Å². The van der Waals surface area contributed by atoms with Crippen molar-refractivity contribution in [3.8, 4) is 0 Å². The molecule has 124 valence electrons. The zero-order valence-electron chi connectivity index (χ0n) is 13.1. The Kier molecular flexibility index (Phi) is 4.27. The van der Waals surface area contributed by atoms with Crippen LogP contribution in [-0.4, -0.2) is 52.3 Å². The fraction of sp³-hybridized carbons (Fsp3) is 0.353.